The Morgan fingerprint density at radius 2 is 1.48 bits per heavy atom. The summed E-state index contributed by atoms with van der Waals surface area (Å²) in [6, 6.07) is 20.9. The van der Waals surface area contributed by atoms with Crippen molar-refractivity contribution in [1.29, 1.82) is 0 Å². The highest BCUT2D eigenvalue weighted by molar-refractivity contribution is 5.70. The van der Waals surface area contributed by atoms with Crippen LogP contribution in [0.15, 0.2) is 66.4 Å². The maximum atomic E-state index is 3.60. The van der Waals surface area contributed by atoms with E-state index in [9.17, 15) is 0 Å². The molecule has 2 rings (SSSR count). The summed E-state index contributed by atoms with van der Waals surface area (Å²) in [4.78, 5) is 2.19. The fraction of sp³-hybridized carbons (Fsp3) is 0.263. The summed E-state index contributed by atoms with van der Waals surface area (Å²) in [7, 11) is 4.20. The van der Waals surface area contributed by atoms with Gasteiger partial charge in [0.1, 0.15) is 0 Å². The van der Waals surface area contributed by atoms with Crippen molar-refractivity contribution in [3.8, 4) is 0 Å². The predicted octanol–water partition coefficient (Wildman–Crippen LogP) is 4.83. The molecule has 0 saturated carbocycles. The molecule has 0 bridgehead atoms. The maximum absolute atomic E-state index is 3.60. The van der Waals surface area contributed by atoms with Crippen LogP contribution in [-0.2, 0) is 0 Å². The van der Waals surface area contributed by atoms with Crippen LogP contribution in [0, 0.1) is 0 Å². The van der Waals surface area contributed by atoms with Crippen molar-refractivity contribution in [2.24, 2.45) is 0 Å². The summed E-state index contributed by atoms with van der Waals surface area (Å²) < 4.78 is 0. The van der Waals surface area contributed by atoms with Crippen molar-refractivity contribution in [1.82, 2.24) is 4.90 Å². The molecule has 2 aromatic rings. The van der Waals surface area contributed by atoms with Crippen LogP contribution in [-0.4, -0.2) is 19.0 Å². The van der Waals surface area contributed by atoms with E-state index in [1.165, 1.54) is 17.0 Å². The van der Waals surface area contributed by atoms with Crippen molar-refractivity contribution < 1.29 is 0 Å². The average molecular weight is 280 g/mol. The minimum atomic E-state index is 1.03. The Bertz CT molecular complexity index is 571. The zero-order valence-corrected chi connectivity index (χ0v) is 13.1. The number of para-hydroxylation sites is 1. The van der Waals surface area contributed by atoms with Gasteiger partial charge in [0.05, 0.1) is 5.70 Å². The third-order valence-corrected chi connectivity index (χ3v) is 3.35. The second-order valence-corrected chi connectivity index (χ2v) is 5.33. The SMILES string of the molecule is CCCC(Nc1ccccc1)=C(c1ccccc1)N(C)C. The lowest BCUT2D eigenvalue weighted by molar-refractivity contribution is 0.584. The van der Waals surface area contributed by atoms with Crippen LogP contribution in [0.5, 0.6) is 0 Å². The Morgan fingerprint density at radius 1 is 0.905 bits per heavy atom. The number of hydrogen-bond acceptors (Lipinski definition) is 2. The number of anilines is 1. The largest absolute Gasteiger partial charge is 0.376 e. The summed E-state index contributed by atoms with van der Waals surface area (Å²) >= 11 is 0. The molecule has 2 aromatic carbocycles. The zero-order valence-electron chi connectivity index (χ0n) is 13.1. The summed E-state index contributed by atoms with van der Waals surface area (Å²) in [5, 5.41) is 3.60. The molecular formula is C19H24N2. The van der Waals surface area contributed by atoms with E-state index in [1.54, 1.807) is 0 Å². The molecule has 0 atom stereocenters. The van der Waals surface area contributed by atoms with Crippen molar-refractivity contribution >= 4 is 11.4 Å². The summed E-state index contributed by atoms with van der Waals surface area (Å²) in [5.41, 5.74) is 4.90. The van der Waals surface area contributed by atoms with Crippen molar-refractivity contribution in [3.63, 3.8) is 0 Å². The van der Waals surface area contributed by atoms with E-state index >= 15 is 0 Å². The smallest absolute Gasteiger partial charge is 0.0630 e. The standard InChI is InChI=1S/C19H24N2/c1-4-11-18(20-17-14-9-6-10-15-17)19(21(2)3)16-12-7-5-8-13-16/h5-10,12-15,20H,4,11H2,1-3H3. The minimum Gasteiger partial charge on any atom is -0.376 e. The predicted molar refractivity (Wildman–Crippen MR) is 92.0 cm³/mol. The van der Waals surface area contributed by atoms with E-state index < -0.39 is 0 Å². The highest BCUT2D eigenvalue weighted by Crippen LogP contribution is 2.25. The molecule has 0 saturated heterocycles. The van der Waals surface area contributed by atoms with Gasteiger partial charge in [0.2, 0.25) is 0 Å². The number of allylic oxidation sites excluding steroid dienone is 1. The molecule has 0 radical (unpaired) electrons. The molecule has 0 aliphatic heterocycles. The van der Waals surface area contributed by atoms with Crippen molar-refractivity contribution in [3.05, 3.63) is 71.9 Å². The number of benzene rings is 2. The molecule has 0 aliphatic rings. The summed E-state index contributed by atoms with van der Waals surface area (Å²) in [6.45, 7) is 2.21. The van der Waals surface area contributed by atoms with Crippen molar-refractivity contribution in [2.75, 3.05) is 19.4 Å². The second-order valence-electron chi connectivity index (χ2n) is 5.33. The highest BCUT2D eigenvalue weighted by Gasteiger charge is 2.11. The second kappa shape index (κ2) is 7.53. The Labute approximate surface area is 128 Å². The molecule has 0 fully saturated rings. The third-order valence-electron chi connectivity index (χ3n) is 3.35. The van der Waals surface area contributed by atoms with Crippen LogP contribution < -0.4 is 5.32 Å². The minimum absolute atomic E-state index is 1.03. The Kier molecular flexibility index (Phi) is 5.44. The average Bonchev–Trinajstić information content (AvgIpc) is 2.49. The monoisotopic (exact) mass is 280 g/mol. The third kappa shape index (κ3) is 4.12. The first kappa shape index (κ1) is 15.2. The van der Waals surface area contributed by atoms with E-state index in [4.69, 9.17) is 0 Å². The molecule has 110 valence electrons. The fourth-order valence-corrected chi connectivity index (χ4v) is 2.48. The Balaban J connectivity index is 2.43. The van der Waals surface area contributed by atoms with E-state index in [-0.39, 0.29) is 0 Å². The Hall–Kier alpha value is -2.22. The Morgan fingerprint density at radius 3 is 2.00 bits per heavy atom. The molecule has 0 unspecified atom stereocenters. The first-order valence-corrected chi connectivity index (χ1v) is 7.50. The van der Waals surface area contributed by atoms with Gasteiger partial charge in [-0.2, -0.15) is 0 Å². The van der Waals surface area contributed by atoms with Gasteiger partial charge in [-0.3, -0.25) is 0 Å². The van der Waals surface area contributed by atoms with Crippen LogP contribution in [0.2, 0.25) is 0 Å². The molecule has 2 nitrogen and oxygen atoms in total. The lowest BCUT2D eigenvalue weighted by atomic mass is 10.1. The first-order valence-electron chi connectivity index (χ1n) is 7.50. The lowest BCUT2D eigenvalue weighted by Gasteiger charge is -2.23. The van der Waals surface area contributed by atoms with E-state index in [0.29, 0.717) is 0 Å². The topological polar surface area (TPSA) is 15.3 Å². The molecule has 21 heavy (non-hydrogen) atoms. The molecule has 0 aromatic heterocycles. The number of hydrogen-bond donors (Lipinski definition) is 1. The molecule has 1 N–H and O–H groups in total. The van der Waals surface area contributed by atoms with Gasteiger partial charge in [-0.05, 0) is 24.1 Å². The van der Waals surface area contributed by atoms with Gasteiger partial charge in [0.15, 0.2) is 0 Å². The molecule has 0 heterocycles. The summed E-state index contributed by atoms with van der Waals surface area (Å²) in [6.07, 6.45) is 2.14. The summed E-state index contributed by atoms with van der Waals surface area (Å²) in [5.74, 6) is 0. The maximum Gasteiger partial charge on any atom is 0.0630 e. The quantitative estimate of drug-likeness (QED) is 0.815. The van der Waals surface area contributed by atoms with Gasteiger partial charge in [-0.15, -0.1) is 0 Å². The van der Waals surface area contributed by atoms with Gasteiger partial charge >= 0.3 is 0 Å². The van der Waals surface area contributed by atoms with E-state index in [2.05, 4.69) is 85.8 Å². The van der Waals surface area contributed by atoms with E-state index in [1.807, 2.05) is 6.07 Å². The molecule has 0 aliphatic carbocycles. The van der Waals surface area contributed by atoms with Crippen LogP contribution in [0.4, 0.5) is 5.69 Å². The first-order chi connectivity index (χ1) is 10.2. The van der Waals surface area contributed by atoms with Crippen LogP contribution >= 0.6 is 0 Å². The zero-order chi connectivity index (χ0) is 15.1. The van der Waals surface area contributed by atoms with Gasteiger partial charge in [0, 0.05) is 25.5 Å². The molecule has 0 amide bonds. The van der Waals surface area contributed by atoms with Crippen LogP contribution in [0.1, 0.15) is 25.3 Å². The lowest BCUT2D eigenvalue weighted by Crippen LogP contribution is -2.16. The van der Waals surface area contributed by atoms with Crippen LogP contribution in [0.3, 0.4) is 0 Å². The van der Waals surface area contributed by atoms with Gasteiger partial charge in [0.25, 0.3) is 0 Å². The molecular weight excluding hydrogens is 256 g/mol. The van der Waals surface area contributed by atoms with Gasteiger partial charge in [-0.1, -0.05) is 61.9 Å². The number of nitrogens with one attached hydrogen (secondary N) is 1. The van der Waals surface area contributed by atoms with E-state index in [0.717, 1.165) is 18.5 Å². The van der Waals surface area contributed by atoms with Crippen molar-refractivity contribution in [2.45, 2.75) is 19.8 Å². The fourth-order valence-electron chi connectivity index (χ4n) is 2.48. The highest BCUT2D eigenvalue weighted by atomic mass is 15.1. The van der Waals surface area contributed by atoms with Gasteiger partial charge in [-0.25, -0.2) is 0 Å². The number of nitrogens with zero attached hydrogens (tertiary/aromatic N) is 1. The normalized spacial score (nSPS) is 11.8. The van der Waals surface area contributed by atoms with Crippen LogP contribution in [0.25, 0.3) is 5.70 Å². The van der Waals surface area contributed by atoms with Gasteiger partial charge < -0.3 is 10.2 Å². The molecule has 2 heteroatoms. The number of rotatable bonds is 6. The molecule has 0 spiro atoms.